The van der Waals surface area contributed by atoms with Gasteiger partial charge in [-0.05, 0) is 25.1 Å². The van der Waals surface area contributed by atoms with Gasteiger partial charge in [-0.2, -0.15) is 0 Å². The number of fused-ring (bicyclic) bond motifs is 1. The molecule has 0 saturated carbocycles. The number of ketones is 1. The van der Waals surface area contributed by atoms with Gasteiger partial charge < -0.3 is 19.4 Å². The SMILES string of the molecule is COc1cc(C(=O)c2cnc(-c3c[nH]c4ccccc34)[nH]2)cc(OC)c1C. The lowest BCUT2D eigenvalue weighted by Crippen LogP contribution is -2.04. The van der Waals surface area contributed by atoms with E-state index >= 15 is 0 Å². The summed E-state index contributed by atoms with van der Waals surface area (Å²) in [5.74, 6) is 1.68. The van der Waals surface area contributed by atoms with Gasteiger partial charge in [-0.1, -0.05) is 18.2 Å². The third-order valence-electron chi connectivity index (χ3n) is 4.68. The number of hydrogen-bond donors (Lipinski definition) is 2. The molecule has 0 amide bonds. The first-order valence-corrected chi connectivity index (χ1v) is 8.51. The predicted molar refractivity (Wildman–Crippen MR) is 104 cm³/mol. The first kappa shape index (κ1) is 16.9. The zero-order chi connectivity index (χ0) is 19.0. The molecule has 6 nitrogen and oxygen atoms in total. The van der Waals surface area contributed by atoms with E-state index in [4.69, 9.17) is 9.47 Å². The van der Waals surface area contributed by atoms with Crippen molar-refractivity contribution in [2.45, 2.75) is 6.92 Å². The molecule has 0 saturated heterocycles. The standard InChI is InChI=1S/C21H19N3O3/c1-12-18(26-2)8-13(9-19(12)27-3)20(25)17-11-23-21(24-17)15-10-22-16-7-5-4-6-14(15)16/h4-11,22H,1-3H3,(H,23,24). The lowest BCUT2D eigenvalue weighted by Gasteiger charge is -2.11. The van der Waals surface area contributed by atoms with Gasteiger partial charge in [0.15, 0.2) is 0 Å². The number of carbonyl (C=O) groups is 1. The van der Waals surface area contributed by atoms with Crippen molar-refractivity contribution in [1.29, 1.82) is 0 Å². The Morgan fingerprint density at radius 3 is 2.48 bits per heavy atom. The number of H-pyrrole nitrogens is 2. The van der Waals surface area contributed by atoms with Crippen LogP contribution in [0.2, 0.25) is 0 Å². The topological polar surface area (TPSA) is 80.0 Å². The molecule has 0 bridgehead atoms. The second-order valence-electron chi connectivity index (χ2n) is 6.23. The fourth-order valence-electron chi connectivity index (χ4n) is 3.21. The maximum absolute atomic E-state index is 13.0. The van der Waals surface area contributed by atoms with Crippen LogP contribution in [0.3, 0.4) is 0 Å². The van der Waals surface area contributed by atoms with E-state index in [9.17, 15) is 4.79 Å². The summed E-state index contributed by atoms with van der Waals surface area (Å²) in [5.41, 5.74) is 3.67. The first-order valence-electron chi connectivity index (χ1n) is 8.51. The van der Waals surface area contributed by atoms with Gasteiger partial charge in [0.25, 0.3) is 0 Å². The average molecular weight is 361 g/mol. The Balaban J connectivity index is 1.72. The molecule has 0 aliphatic heterocycles. The molecule has 6 heteroatoms. The second kappa shape index (κ2) is 6.64. The van der Waals surface area contributed by atoms with Crippen LogP contribution in [0.25, 0.3) is 22.3 Å². The number of carbonyl (C=O) groups excluding carboxylic acids is 1. The largest absolute Gasteiger partial charge is 0.496 e. The fraction of sp³-hybridized carbons (Fsp3) is 0.143. The van der Waals surface area contributed by atoms with Gasteiger partial charge in [0.05, 0.1) is 20.4 Å². The number of para-hydroxylation sites is 1. The van der Waals surface area contributed by atoms with Crippen LogP contribution in [-0.4, -0.2) is 35.0 Å². The van der Waals surface area contributed by atoms with Crippen molar-refractivity contribution in [2.75, 3.05) is 14.2 Å². The summed E-state index contributed by atoms with van der Waals surface area (Å²) >= 11 is 0. The van der Waals surface area contributed by atoms with Crippen LogP contribution in [-0.2, 0) is 0 Å². The Hall–Kier alpha value is -3.54. The maximum atomic E-state index is 13.0. The van der Waals surface area contributed by atoms with Crippen molar-refractivity contribution in [2.24, 2.45) is 0 Å². The summed E-state index contributed by atoms with van der Waals surface area (Å²) in [6, 6.07) is 11.4. The van der Waals surface area contributed by atoms with Gasteiger partial charge in [0.2, 0.25) is 5.78 Å². The molecule has 0 aliphatic carbocycles. The number of ether oxygens (including phenoxy) is 2. The van der Waals surface area contributed by atoms with Crippen LogP contribution >= 0.6 is 0 Å². The van der Waals surface area contributed by atoms with E-state index in [0.717, 1.165) is 22.0 Å². The molecule has 2 aromatic heterocycles. The lowest BCUT2D eigenvalue weighted by molar-refractivity contribution is 0.103. The number of hydrogen-bond acceptors (Lipinski definition) is 4. The van der Waals surface area contributed by atoms with Gasteiger partial charge in [-0.25, -0.2) is 4.98 Å². The van der Waals surface area contributed by atoms with Crippen LogP contribution in [0.4, 0.5) is 0 Å². The van der Waals surface area contributed by atoms with E-state index in [1.54, 1.807) is 32.5 Å². The molecule has 4 aromatic rings. The quantitative estimate of drug-likeness (QED) is 0.524. The van der Waals surface area contributed by atoms with Gasteiger partial charge >= 0.3 is 0 Å². The normalized spacial score (nSPS) is 10.9. The molecular formula is C21H19N3O3. The lowest BCUT2D eigenvalue weighted by atomic mass is 10.0. The number of nitrogens with zero attached hydrogens (tertiary/aromatic N) is 1. The van der Waals surface area contributed by atoms with E-state index in [-0.39, 0.29) is 5.78 Å². The van der Waals surface area contributed by atoms with E-state index in [1.165, 1.54) is 0 Å². The molecular weight excluding hydrogens is 342 g/mol. The third-order valence-corrected chi connectivity index (χ3v) is 4.68. The molecule has 0 aliphatic rings. The highest BCUT2D eigenvalue weighted by Crippen LogP contribution is 2.31. The van der Waals surface area contributed by atoms with Gasteiger partial charge in [-0.3, -0.25) is 4.79 Å². The molecule has 2 N–H and O–H groups in total. The first-order chi connectivity index (χ1) is 13.1. The van der Waals surface area contributed by atoms with Crippen molar-refractivity contribution in [1.82, 2.24) is 15.0 Å². The summed E-state index contributed by atoms with van der Waals surface area (Å²) in [4.78, 5) is 23.7. The Kier molecular flexibility index (Phi) is 4.16. The highest BCUT2D eigenvalue weighted by molar-refractivity contribution is 6.08. The monoisotopic (exact) mass is 361 g/mol. The molecule has 0 fully saturated rings. The predicted octanol–water partition coefficient (Wildman–Crippen LogP) is 4.11. The number of nitrogens with one attached hydrogen (secondary N) is 2. The van der Waals surface area contributed by atoms with Gasteiger partial charge in [-0.15, -0.1) is 0 Å². The third kappa shape index (κ3) is 2.85. The second-order valence-corrected chi connectivity index (χ2v) is 6.23. The maximum Gasteiger partial charge on any atom is 0.211 e. The number of imidazole rings is 1. The minimum atomic E-state index is -0.176. The van der Waals surface area contributed by atoms with E-state index in [2.05, 4.69) is 15.0 Å². The highest BCUT2D eigenvalue weighted by Gasteiger charge is 2.18. The summed E-state index contributed by atoms with van der Waals surface area (Å²) < 4.78 is 10.7. The fourth-order valence-corrected chi connectivity index (χ4v) is 3.21. The Labute approximate surface area is 156 Å². The molecule has 4 rings (SSSR count). The smallest absolute Gasteiger partial charge is 0.211 e. The number of rotatable bonds is 5. The van der Waals surface area contributed by atoms with Crippen LogP contribution in [0.1, 0.15) is 21.6 Å². The van der Waals surface area contributed by atoms with Crippen LogP contribution in [0.5, 0.6) is 11.5 Å². The Bertz CT molecular complexity index is 1120. The van der Waals surface area contributed by atoms with Crippen LogP contribution in [0.15, 0.2) is 48.8 Å². The summed E-state index contributed by atoms with van der Waals surface area (Å²) in [6.45, 7) is 1.89. The van der Waals surface area contributed by atoms with E-state index < -0.39 is 0 Å². The molecule has 0 radical (unpaired) electrons. The Morgan fingerprint density at radius 1 is 1.07 bits per heavy atom. The van der Waals surface area contributed by atoms with Gasteiger partial charge in [0, 0.05) is 33.8 Å². The molecule has 27 heavy (non-hydrogen) atoms. The summed E-state index contributed by atoms with van der Waals surface area (Å²) in [5, 5.41) is 1.05. The van der Waals surface area contributed by atoms with Crippen LogP contribution in [0, 0.1) is 6.92 Å². The van der Waals surface area contributed by atoms with Crippen molar-refractivity contribution in [3.63, 3.8) is 0 Å². The van der Waals surface area contributed by atoms with Crippen molar-refractivity contribution < 1.29 is 14.3 Å². The molecule has 136 valence electrons. The van der Waals surface area contributed by atoms with Gasteiger partial charge in [0.1, 0.15) is 23.0 Å². The number of benzene rings is 2. The number of aromatic amines is 2. The molecule has 0 spiro atoms. The van der Waals surface area contributed by atoms with Crippen molar-refractivity contribution in [3.8, 4) is 22.9 Å². The highest BCUT2D eigenvalue weighted by atomic mass is 16.5. The van der Waals surface area contributed by atoms with E-state index in [1.807, 2.05) is 37.4 Å². The van der Waals surface area contributed by atoms with Crippen LogP contribution < -0.4 is 9.47 Å². The molecule has 2 heterocycles. The molecule has 2 aromatic carbocycles. The Morgan fingerprint density at radius 2 is 1.78 bits per heavy atom. The van der Waals surface area contributed by atoms with E-state index in [0.29, 0.717) is 28.6 Å². The minimum absolute atomic E-state index is 0.176. The molecule has 0 atom stereocenters. The average Bonchev–Trinajstić information content (AvgIpc) is 3.34. The summed E-state index contributed by atoms with van der Waals surface area (Å²) in [7, 11) is 3.14. The number of aromatic nitrogens is 3. The molecule has 0 unspecified atom stereocenters. The number of methoxy groups -OCH3 is 2. The zero-order valence-electron chi connectivity index (χ0n) is 15.3. The van der Waals surface area contributed by atoms with Crippen molar-refractivity contribution >= 4 is 16.7 Å². The zero-order valence-corrected chi connectivity index (χ0v) is 15.3. The summed E-state index contributed by atoms with van der Waals surface area (Å²) in [6.07, 6.45) is 3.44. The van der Waals surface area contributed by atoms with Crippen molar-refractivity contribution in [3.05, 3.63) is 65.6 Å². The minimum Gasteiger partial charge on any atom is -0.496 e.